The van der Waals surface area contributed by atoms with Crippen molar-refractivity contribution in [2.45, 2.75) is 79.0 Å². The van der Waals surface area contributed by atoms with Gasteiger partial charge in [-0.05, 0) is 52.5 Å². The van der Waals surface area contributed by atoms with E-state index in [2.05, 4.69) is 16.7 Å². The zero-order chi connectivity index (χ0) is 27.5. The number of rotatable bonds is 11. The predicted molar refractivity (Wildman–Crippen MR) is 136 cm³/mol. The van der Waals surface area contributed by atoms with Gasteiger partial charge in [0.1, 0.15) is 17.7 Å². The number of alkyl carbamates (subject to hydrolysis) is 1. The lowest BCUT2D eigenvalue weighted by molar-refractivity contribution is -0.143. The number of hydrogen-bond donors (Lipinski definition) is 2. The molecule has 0 aliphatic carbocycles. The maximum absolute atomic E-state index is 13.6. The Labute approximate surface area is 214 Å². The molecule has 0 bridgehead atoms. The average Bonchev–Trinajstić information content (AvgIpc) is 2.74. The molecule has 0 heterocycles. The van der Waals surface area contributed by atoms with Gasteiger partial charge in [-0.1, -0.05) is 50.1 Å². The van der Waals surface area contributed by atoms with Gasteiger partial charge in [0.2, 0.25) is 5.91 Å². The molecule has 9 heteroatoms. The molecule has 1 rings (SSSR count). The van der Waals surface area contributed by atoms with E-state index in [1.54, 1.807) is 45.9 Å². The maximum atomic E-state index is 13.6. The van der Waals surface area contributed by atoms with Crippen molar-refractivity contribution >= 4 is 23.9 Å². The fourth-order valence-electron chi connectivity index (χ4n) is 3.45. The molecule has 2 unspecified atom stereocenters. The Morgan fingerprint density at radius 1 is 1.17 bits per heavy atom. The number of benzene rings is 1. The average molecular weight is 502 g/mol. The van der Waals surface area contributed by atoms with Crippen LogP contribution < -0.4 is 10.6 Å². The van der Waals surface area contributed by atoms with Crippen molar-refractivity contribution in [2.24, 2.45) is 5.92 Å². The van der Waals surface area contributed by atoms with Gasteiger partial charge in [0, 0.05) is 12.6 Å². The monoisotopic (exact) mass is 501 g/mol. The van der Waals surface area contributed by atoms with Gasteiger partial charge in [-0.25, -0.2) is 4.79 Å². The van der Waals surface area contributed by atoms with Crippen LogP contribution in [0.1, 0.15) is 71.6 Å². The zero-order valence-electron chi connectivity index (χ0n) is 22.3. The van der Waals surface area contributed by atoms with E-state index in [4.69, 9.17) is 15.9 Å². The summed E-state index contributed by atoms with van der Waals surface area (Å²) in [5, 5.41) is 5.28. The van der Waals surface area contributed by atoms with E-state index in [0.29, 0.717) is 5.56 Å². The number of carbonyl (C=O) groups is 4. The second-order valence-corrected chi connectivity index (χ2v) is 9.83. The normalized spacial score (nSPS) is 12.6. The van der Waals surface area contributed by atoms with Crippen LogP contribution in [0.4, 0.5) is 4.79 Å². The first-order valence-corrected chi connectivity index (χ1v) is 12.1. The van der Waals surface area contributed by atoms with Crippen molar-refractivity contribution in [3.63, 3.8) is 0 Å². The Morgan fingerprint density at radius 3 is 2.36 bits per heavy atom. The number of hydrogen-bond acceptors (Lipinski definition) is 6. The minimum absolute atomic E-state index is 0.0121. The summed E-state index contributed by atoms with van der Waals surface area (Å²) >= 11 is 0. The van der Waals surface area contributed by atoms with Crippen LogP contribution in [0, 0.1) is 25.3 Å². The van der Waals surface area contributed by atoms with E-state index in [-0.39, 0.29) is 31.9 Å². The molecule has 1 aromatic rings. The number of esters is 1. The van der Waals surface area contributed by atoms with Crippen molar-refractivity contribution in [1.29, 1.82) is 0 Å². The highest BCUT2D eigenvalue weighted by molar-refractivity contribution is 5.93. The van der Waals surface area contributed by atoms with Gasteiger partial charge in [0.05, 0.1) is 13.0 Å². The van der Waals surface area contributed by atoms with E-state index >= 15 is 0 Å². The van der Waals surface area contributed by atoms with Gasteiger partial charge in [0.15, 0.2) is 0 Å². The van der Waals surface area contributed by atoms with Crippen LogP contribution in [-0.2, 0) is 23.9 Å². The molecular weight excluding hydrogens is 462 g/mol. The topological polar surface area (TPSA) is 114 Å². The fraction of sp³-hybridized carbons (Fsp3) is 0.556. The number of ether oxygens (including phenoxy) is 2. The van der Waals surface area contributed by atoms with Crippen molar-refractivity contribution in [3.8, 4) is 12.5 Å². The number of nitrogens with one attached hydrogen (secondary N) is 2. The van der Waals surface area contributed by atoms with Crippen LogP contribution in [-0.4, -0.2) is 53.6 Å². The Bertz CT molecular complexity index is 961. The molecule has 2 N–H and O–H groups in total. The first kappa shape index (κ1) is 30.5. The van der Waals surface area contributed by atoms with E-state index in [1.165, 1.54) is 0 Å². The Balaban J connectivity index is 3.28. The van der Waals surface area contributed by atoms with Gasteiger partial charge in [-0.2, -0.15) is 0 Å². The van der Waals surface area contributed by atoms with E-state index in [1.807, 2.05) is 26.8 Å². The summed E-state index contributed by atoms with van der Waals surface area (Å²) in [5.41, 5.74) is 0.604. The smallest absolute Gasteiger partial charge is 0.408 e. The number of nitrogens with zero attached hydrogens (tertiary/aromatic N) is 1. The summed E-state index contributed by atoms with van der Waals surface area (Å²) in [6.45, 7) is 12.7. The van der Waals surface area contributed by atoms with Crippen LogP contribution in [0.5, 0.6) is 0 Å². The molecule has 36 heavy (non-hydrogen) atoms. The number of carbonyl (C=O) groups excluding carboxylic acids is 4. The highest BCUT2D eigenvalue weighted by Gasteiger charge is 2.36. The van der Waals surface area contributed by atoms with Crippen molar-refractivity contribution < 1.29 is 28.7 Å². The molecule has 2 atom stereocenters. The molecule has 9 nitrogen and oxygen atoms in total. The molecule has 3 amide bonds. The van der Waals surface area contributed by atoms with Crippen LogP contribution in [0.25, 0.3) is 0 Å². The number of terminal acetylenes is 1. The third-order valence-corrected chi connectivity index (χ3v) is 4.87. The van der Waals surface area contributed by atoms with Crippen molar-refractivity contribution in [3.05, 3.63) is 35.4 Å². The summed E-state index contributed by atoms with van der Waals surface area (Å²) in [6, 6.07) is 7.20. The van der Waals surface area contributed by atoms with Crippen molar-refractivity contribution in [2.75, 3.05) is 13.2 Å². The lowest BCUT2D eigenvalue weighted by atomic mass is 9.99. The SMILES string of the molecule is C#CN(C(=O)C(CC(C)C)NC(=O)OC(C)(C)C)C(C(=O)NCCC(=O)OCC)c1cccc(C)c1. The molecule has 0 aliphatic rings. The summed E-state index contributed by atoms with van der Waals surface area (Å²) in [4.78, 5) is 52.1. The Morgan fingerprint density at radius 2 is 1.83 bits per heavy atom. The molecular formula is C27H39N3O6. The molecule has 0 spiro atoms. The number of aryl methyl sites for hydroxylation is 1. The molecule has 1 aromatic carbocycles. The van der Waals surface area contributed by atoms with Crippen molar-refractivity contribution in [1.82, 2.24) is 15.5 Å². The first-order valence-electron chi connectivity index (χ1n) is 12.1. The molecule has 0 radical (unpaired) electrons. The van der Waals surface area contributed by atoms with E-state index in [0.717, 1.165) is 10.5 Å². The lowest BCUT2D eigenvalue weighted by Gasteiger charge is -2.31. The van der Waals surface area contributed by atoms with E-state index in [9.17, 15) is 19.2 Å². The number of amides is 3. The molecule has 0 saturated heterocycles. The molecule has 0 aliphatic heterocycles. The Hall–Kier alpha value is -3.54. The second kappa shape index (κ2) is 14.1. The summed E-state index contributed by atoms with van der Waals surface area (Å²) in [5.74, 6) is -1.60. The highest BCUT2D eigenvalue weighted by Crippen LogP contribution is 2.24. The standard InChI is InChI=1S/C27H39N3O6/c1-9-30(25(33)21(16-18(3)4)29-26(34)36-27(6,7)8)23(20-13-11-12-19(5)17-20)24(32)28-15-14-22(31)35-10-2/h1,11-13,17-18,21,23H,10,14-16H2,2-8H3,(H,28,32)(H,29,34). The minimum atomic E-state index is -1.18. The molecule has 198 valence electrons. The summed E-state index contributed by atoms with van der Waals surface area (Å²) in [7, 11) is 0. The third kappa shape index (κ3) is 10.4. The van der Waals surface area contributed by atoms with Gasteiger partial charge >= 0.3 is 12.1 Å². The summed E-state index contributed by atoms with van der Waals surface area (Å²) < 4.78 is 10.2. The van der Waals surface area contributed by atoms with Gasteiger partial charge in [-0.3, -0.25) is 19.3 Å². The third-order valence-electron chi connectivity index (χ3n) is 4.87. The zero-order valence-corrected chi connectivity index (χ0v) is 22.3. The van der Waals surface area contributed by atoms with E-state index < -0.39 is 41.6 Å². The lowest BCUT2D eigenvalue weighted by Crippen LogP contribution is -2.52. The second-order valence-electron chi connectivity index (χ2n) is 9.83. The Kier molecular flexibility index (Phi) is 12.0. The van der Waals surface area contributed by atoms with Gasteiger partial charge < -0.3 is 20.1 Å². The quantitative estimate of drug-likeness (QED) is 0.273. The largest absolute Gasteiger partial charge is 0.466 e. The van der Waals surface area contributed by atoms with Crippen LogP contribution >= 0.6 is 0 Å². The van der Waals surface area contributed by atoms with Gasteiger partial charge in [-0.15, -0.1) is 0 Å². The van der Waals surface area contributed by atoms with Gasteiger partial charge in [0.25, 0.3) is 5.91 Å². The molecule has 0 aromatic heterocycles. The predicted octanol–water partition coefficient (Wildman–Crippen LogP) is 3.46. The fourth-order valence-corrected chi connectivity index (χ4v) is 3.45. The summed E-state index contributed by atoms with van der Waals surface area (Å²) in [6.07, 6.45) is 5.25. The van der Waals surface area contributed by atoms with Crippen LogP contribution in [0.2, 0.25) is 0 Å². The first-order chi connectivity index (χ1) is 16.8. The molecule has 0 fully saturated rings. The van der Waals surface area contributed by atoms with Crippen LogP contribution in [0.3, 0.4) is 0 Å². The molecule has 0 saturated carbocycles. The van der Waals surface area contributed by atoms with Crippen LogP contribution in [0.15, 0.2) is 24.3 Å². The highest BCUT2D eigenvalue weighted by atomic mass is 16.6. The maximum Gasteiger partial charge on any atom is 0.408 e. The minimum Gasteiger partial charge on any atom is -0.466 e.